The van der Waals surface area contributed by atoms with Crippen LogP contribution in [0.1, 0.15) is 23.0 Å². The van der Waals surface area contributed by atoms with E-state index in [1.165, 1.54) is 0 Å². The Morgan fingerprint density at radius 2 is 1.95 bits per heavy atom. The van der Waals surface area contributed by atoms with Gasteiger partial charge in [-0.05, 0) is 13.0 Å². The SMILES string of the molecule is CC(CO)(CO)NCc1oc2ccccc2c1C(=O)O. The second kappa shape index (κ2) is 5.62. The lowest BCUT2D eigenvalue weighted by atomic mass is 10.0. The third-order valence-electron chi connectivity index (χ3n) is 3.26. The van der Waals surface area contributed by atoms with E-state index >= 15 is 0 Å². The summed E-state index contributed by atoms with van der Waals surface area (Å²) in [5, 5.41) is 31.2. The molecule has 0 amide bonds. The minimum absolute atomic E-state index is 0.103. The summed E-state index contributed by atoms with van der Waals surface area (Å²) in [6, 6.07) is 6.89. The van der Waals surface area contributed by atoms with Gasteiger partial charge in [-0.1, -0.05) is 18.2 Å². The van der Waals surface area contributed by atoms with Gasteiger partial charge in [0.15, 0.2) is 0 Å². The molecule has 0 aliphatic carbocycles. The molecule has 0 radical (unpaired) electrons. The van der Waals surface area contributed by atoms with Gasteiger partial charge in [-0.2, -0.15) is 0 Å². The van der Waals surface area contributed by atoms with E-state index in [4.69, 9.17) is 4.42 Å². The first-order valence-electron chi connectivity index (χ1n) is 6.21. The van der Waals surface area contributed by atoms with Crippen molar-refractivity contribution in [3.05, 3.63) is 35.6 Å². The number of nitrogens with one attached hydrogen (secondary N) is 1. The van der Waals surface area contributed by atoms with E-state index in [1.54, 1.807) is 31.2 Å². The van der Waals surface area contributed by atoms with Gasteiger partial charge in [-0.25, -0.2) is 4.79 Å². The number of para-hydroxylation sites is 1. The van der Waals surface area contributed by atoms with Crippen LogP contribution < -0.4 is 5.32 Å². The molecule has 20 heavy (non-hydrogen) atoms. The second-order valence-corrected chi connectivity index (χ2v) is 4.93. The van der Waals surface area contributed by atoms with Crippen LogP contribution in [0.3, 0.4) is 0 Å². The van der Waals surface area contributed by atoms with E-state index in [0.29, 0.717) is 11.0 Å². The molecule has 6 nitrogen and oxygen atoms in total. The third-order valence-corrected chi connectivity index (χ3v) is 3.26. The van der Waals surface area contributed by atoms with Crippen LogP contribution in [-0.4, -0.2) is 40.0 Å². The zero-order valence-corrected chi connectivity index (χ0v) is 11.1. The van der Waals surface area contributed by atoms with Gasteiger partial charge in [-0.3, -0.25) is 0 Å². The number of benzene rings is 1. The topological polar surface area (TPSA) is 103 Å². The summed E-state index contributed by atoms with van der Waals surface area (Å²) in [4.78, 5) is 11.4. The Morgan fingerprint density at radius 3 is 2.55 bits per heavy atom. The van der Waals surface area contributed by atoms with Crippen molar-refractivity contribution >= 4 is 16.9 Å². The van der Waals surface area contributed by atoms with Crippen molar-refractivity contribution in [2.45, 2.75) is 19.0 Å². The summed E-state index contributed by atoms with van der Waals surface area (Å²) in [6.45, 7) is 1.20. The lowest BCUT2D eigenvalue weighted by molar-refractivity contribution is 0.0694. The average molecular weight is 279 g/mol. The van der Waals surface area contributed by atoms with Gasteiger partial charge in [0.1, 0.15) is 16.9 Å². The Morgan fingerprint density at radius 1 is 1.30 bits per heavy atom. The largest absolute Gasteiger partial charge is 0.478 e. The Hall–Kier alpha value is -1.89. The Labute approximate surface area is 115 Å². The first kappa shape index (κ1) is 14.5. The standard InChI is InChI=1S/C14H17NO5/c1-14(7-16,8-17)15-6-11-12(13(18)19)9-4-2-3-5-10(9)20-11/h2-5,15-17H,6-8H2,1H3,(H,18,19). The molecule has 0 bridgehead atoms. The second-order valence-electron chi connectivity index (χ2n) is 4.93. The zero-order valence-electron chi connectivity index (χ0n) is 11.1. The molecule has 0 atom stereocenters. The predicted molar refractivity (Wildman–Crippen MR) is 72.6 cm³/mol. The number of fused-ring (bicyclic) bond motifs is 1. The van der Waals surface area contributed by atoms with Gasteiger partial charge in [0, 0.05) is 5.39 Å². The van der Waals surface area contributed by atoms with Gasteiger partial charge in [-0.15, -0.1) is 0 Å². The number of carbonyl (C=O) groups is 1. The molecule has 1 aromatic carbocycles. The fraction of sp³-hybridized carbons (Fsp3) is 0.357. The molecule has 2 rings (SSSR count). The maximum absolute atomic E-state index is 11.4. The quantitative estimate of drug-likeness (QED) is 0.628. The summed E-state index contributed by atoms with van der Waals surface area (Å²) >= 11 is 0. The van der Waals surface area contributed by atoms with Gasteiger partial charge < -0.3 is 25.1 Å². The smallest absolute Gasteiger partial charge is 0.339 e. The molecule has 4 N–H and O–H groups in total. The van der Waals surface area contributed by atoms with Gasteiger partial charge in [0.2, 0.25) is 0 Å². The normalized spacial score (nSPS) is 11.9. The van der Waals surface area contributed by atoms with Crippen LogP contribution in [0.4, 0.5) is 0 Å². The number of rotatable bonds is 6. The van der Waals surface area contributed by atoms with Crippen LogP contribution in [0.5, 0.6) is 0 Å². The van der Waals surface area contributed by atoms with Gasteiger partial charge in [0.25, 0.3) is 0 Å². The molecule has 0 fully saturated rings. The average Bonchev–Trinajstić information content (AvgIpc) is 2.83. The van der Waals surface area contributed by atoms with E-state index in [0.717, 1.165) is 0 Å². The number of aromatic carboxylic acids is 1. The number of carboxylic acids is 1. The molecule has 0 aliphatic rings. The predicted octanol–water partition coefficient (Wildman–Crippen LogP) is 0.964. The molecular formula is C14H17NO5. The molecule has 0 unspecified atom stereocenters. The molecule has 0 aliphatic heterocycles. The van der Waals surface area contributed by atoms with Crippen molar-refractivity contribution in [1.29, 1.82) is 0 Å². The van der Waals surface area contributed by atoms with Crippen LogP contribution in [0, 0.1) is 0 Å². The molecule has 108 valence electrons. The van der Waals surface area contributed by atoms with Gasteiger partial charge >= 0.3 is 5.97 Å². The summed E-state index contributed by atoms with van der Waals surface area (Å²) in [5.41, 5.74) is -0.294. The highest BCUT2D eigenvalue weighted by atomic mass is 16.4. The van der Waals surface area contributed by atoms with Crippen LogP contribution in [0.15, 0.2) is 28.7 Å². The van der Waals surface area contributed by atoms with E-state index in [2.05, 4.69) is 5.32 Å². The van der Waals surface area contributed by atoms with E-state index in [9.17, 15) is 20.1 Å². The minimum atomic E-state index is -1.07. The lowest BCUT2D eigenvalue weighted by Gasteiger charge is -2.25. The maximum atomic E-state index is 11.4. The van der Waals surface area contributed by atoms with E-state index in [1.807, 2.05) is 0 Å². The molecular weight excluding hydrogens is 262 g/mol. The van der Waals surface area contributed by atoms with Crippen LogP contribution in [-0.2, 0) is 6.54 Å². The summed E-state index contributed by atoms with van der Waals surface area (Å²) in [7, 11) is 0. The first-order chi connectivity index (χ1) is 9.50. The van der Waals surface area contributed by atoms with Crippen molar-refractivity contribution in [2.24, 2.45) is 0 Å². The Balaban J connectivity index is 2.34. The maximum Gasteiger partial charge on any atom is 0.339 e. The highest BCUT2D eigenvalue weighted by molar-refractivity contribution is 6.03. The third kappa shape index (κ3) is 2.67. The number of hydrogen-bond donors (Lipinski definition) is 4. The number of carboxylic acid groups (broad SMARTS) is 1. The molecule has 2 aromatic rings. The minimum Gasteiger partial charge on any atom is -0.478 e. The van der Waals surface area contributed by atoms with Crippen LogP contribution >= 0.6 is 0 Å². The van der Waals surface area contributed by atoms with Crippen molar-refractivity contribution in [3.63, 3.8) is 0 Å². The molecule has 6 heteroatoms. The lowest BCUT2D eigenvalue weighted by Crippen LogP contribution is -2.48. The van der Waals surface area contributed by atoms with Crippen molar-refractivity contribution in [3.8, 4) is 0 Å². The van der Waals surface area contributed by atoms with Crippen molar-refractivity contribution < 1.29 is 24.5 Å². The summed E-state index contributed by atoms with van der Waals surface area (Å²) in [6.07, 6.45) is 0. The van der Waals surface area contributed by atoms with Crippen LogP contribution in [0.2, 0.25) is 0 Å². The Bertz CT molecular complexity index is 615. The highest BCUT2D eigenvalue weighted by Gasteiger charge is 2.25. The monoisotopic (exact) mass is 279 g/mol. The molecule has 1 heterocycles. The van der Waals surface area contributed by atoms with Crippen LogP contribution in [0.25, 0.3) is 11.0 Å². The number of furan rings is 1. The molecule has 0 saturated carbocycles. The number of aliphatic hydroxyl groups excluding tert-OH is 2. The first-order valence-corrected chi connectivity index (χ1v) is 6.21. The fourth-order valence-electron chi connectivity index (χ4n) is 1.91. The van der Waals surface area contributed by atoms with Crippen molar-refractivity contribution in [1.82, 2.24) is 5.32 Å². The van der Waals surface area contributed by atoms with Crippen molar-refractivity contribution in [2.75, 3.05) is 13.2 Å². The number of hydrogen-bond acceptors (Lipinski definition) is 5. The number of aliphatic hydroxyl groups is 2. The van der Waals surface area contributed by atoms with Gasteiger partial charge in [0.05, 0.1) is 25.3 Å². The summed E-state index contributed by atoms with van der Waals surface area (Å²) in [5.74, 6) is -0.798. The highest BCUT2D eigenvalue weighted by Crippen LogP contribution is 2.26. The fourth-order valence-corrected chi connectivity index (χ4v) is 1.91. The summed E-state index contributed by atoms with van der Waals surface area (Å²) < 4.78 is 5.54. The zero-order chi connectivity index (χ0) is 14.8. The Kier molecular flexibility index (Phi) is 4.08. The van der Waals surface area contributed by atoms with E-state index in [-0.39, 0.29) is 31.1 Å². The molecule has 0 saturated heterocycles. The van der Waals surface area contributed by atoms with E-state index < -0.39 is 11.5 Å². The molecule has 0 spiro atoms. The molecule has 1 aromatic heterocycles.